The summed E-state index contributed by atoms with van der Waals surface area (Å²) >= 11 is 12.0. The van der Waals surface area contributed by atoms with Crippen molar-refractivity contribution >= 4 is 29.4 Å². The largest absolute Gasteiger partial charge is 0.495 e. The molecule has 3 aromatic rings. The van der Waals surface area contributed by atoms with Gasteiger partial charge in [0.2, 0.25) is 0 Å². The lowest BCUT2D eigenvalue weighted by Gasteiger charge is -2.10. The highest BCUT2D eigenvalue weighted by atomic mass is 35.5. The van der Waals surface area contributed by atoms with Crippen LogP contribution in [-0.2, 0) is 11.4 Å². The summed E-state index contributed by atoms with van der Waals surface area (Å²) in [4.78, 5) is 9.61. The molecule has 0 bridgehead atoms. The Bertz CT molecular complexity index is 1020. The minimum absolute atomic E-state index is 0.202. The van der Waals surface area contributed by atoms with Gasteiger partial charge in [-0.2, -0.15) is 5.26 Å². The van der Waals surface area contributed by atoms with Crippen molar-refractivity contribution in [2.45, 2.75) is 6.61 Å². The SMILES string of the molecule is COc1ccnc(-n2cccc2/C=N\OCc2ccc(Cl)cc2Cl)c1C#N. The number of hydrogen-bond acceptors (Lipinski definition) is 5. The van der Waals surface area contributed by atoms with Crippen molar-refractivity contribution in [2.75, 3.05) is 7.11 Å². The summed E-state index contributed by atoms with van der Waals surface area (Å²) in [6, 6.07) is 12.6. The molecule has 0 saturated heterocycles. The minimum Gasteiger partial charge on any atom is -0.495 e. The topological polar surface area (TPSA) is 72.4 Å². The molecular formula is C19H14Cl2N4O2. The predicted molar refractivity (Wildman–Crippen MR) is 104 cm³/mol. The number of halogens is 2. The quantitative estimate of drug-likeness (QED) is 0.447. The highest BCUT2D eigenvalue weighted by Crippen LogP contribution is 2.24. The second kappa shape index (κ2) is 8.58. The van der Waals surface area contributed by atoms with Crippen LogP contribution in [0, 0.1) is 11.3 Å². The summed E-state index contributed by atoms with van der Waals surface area (Å²) in [5.74, 6) is 0.900. The molecule has 0 saturated carbocycles. The molecule has 0 amide bonds. The third-order valence-corrected chi connectivity index (χ3v) is 4.31. The van der Waals surface area contributed by atoms with Gasteiger partial charge in [0.1, 0.15) is 24.0 Å². The molecule has 0 radical (unpaired) electrons. The highest BCUT2D eigenvalue weighted by Gasteiger charge is 2.13. The van der Waals surface area contributed by atoms with Crippen LogP contribution in [0.15, 0.2) is 53.9 Å². The van der Waals surface area contributed by atoms with Crippen LogP contribution in [0.25, 0.3) is 5.82 Å². The Morgan fingerprint density at radius 2 is 2.15 bits per heavy atom. The first-order valence-electron chi connectivity index (χ1n) is 7.84. The van der Waals surface area contributed by atoms with E-state index in [0.717, 1.165) is 5.56 Å². The Morgan fingerprint density at radius 1 is 1.30 bits per heavy atom. The van der Waals surface area contributed by atoms with Crippen LogP contribution in [0.5, 0.6) is 5.75 Å². The molecule has 6 nitrogen and oxygen atoms in total. The first-order chi connectivity index (χ1) is 13.1. The van der Waals surface area contributed by atoms with E-state index in [9.17, 15) is 5.26 Å². The summed E-state index contributed by atoms with van der Waals surface area (Å²) in [5, 5.41) is 14.5. The van der Waals surface area contributed by atoms with Crippen LogP contribution in [0.1, 0.15) is 16.8 Å². The number of rotatable bonds is 6. The van der Waals surface area contributed by atoms with Crippen LogP contribution in [0.2, 0.25) is 10.0 Å². The standard InChI is InChI=1S/C19H14Cl2N4O2/c1-26-18-6-7-23-19(16(18)10-22)25-8-2-3-15(25)11-24-27-12-13-4-5-14(20)9-17(13)21/h2-9,11H,12H2,1H3/b24-11-. The fraction of sp³-hybridized carbons (Fsp3) is 0.105. The van der Waals surface area contributed by atoms with Crippen LogP contribution in [0.3, 0.4) is 0 Å². The summed E-state index contributed by atoms with van der Waals surface area (Å²) < 4.78 is 6.95. The van der Waals surface area contributed by atoms with Gasteiger partial charge in [-0.15, -0.1) is 0 Å². The smallest absolute Gasteiger partial charge is 0.158 e. The number of pyridine rings is 1. The van der Waals surface area contributed by atoms with Gasteiger partial charge in [0.25, 0.3) is 0 Å². The monoisotopic (exact) mass is 400 g/mol. The zero-order valence-electron chi connectivity index (χ0n) is 14.3. The summed E-state index contributed by atoms with van der Waals surface area (Å²) in [6.45, 7) is 0.202. The molecule has 0 aliphatic rings. The fourth-order valence-corrected chi connectivity index (χ4v) is 2.88. The van der Waals surface area contributed by atoms with Crippen molar-refractivity contribution in [1.82, 2.24) is 9.55 Å². The summed E-state index contributed by atoms with van der Waals surface area (Å²) in [7, 11) is 1.51. The lowest BCUT2D eigenvalue weighted by Crippen LogP contribution is -2.05. The molecule has 0 spiro atoms. The van der Waals surface area contributed by atoms with Gasteiger partial charge < -0.3 is 9.57 Å². The Balaban J connectivity index is 1.78. The molecule has 3 rings (SSSR count). The van der Waals surface area contributed by atoms with Crippen molar-refractivity contribution in [3.8, 4) is 17.6 Å². The van der Waals surface area contributed by atoms with E-state index in [1.165, 1.54) is 13.3 Å². The molecule has 2 aromatic heterocycles. The second-order valence-electron chi connectivity index (χ2n) is 5.37. The number of nitriles is 1. The van der Waals surface area contributed by atoms with E-state index in [4.69, 9.17) is 32.8 Å². The molecule has 27 heavy (non-hydrogen) atoms. The number of oxime groups is 1. The second-order valence-corrected chi connectivity index (χ2v) is 6.21. The van der Waals surface area contributed by atoms with Gasteiger partial charge in [-0.1, -0.05) is 34.4 Å². The van der Waals surface area contributed by atoms with E-state index in [0.29, 0.717) is 32.9 Å². The number of hydrogen-bond donors (Lipinski definition) is 0. The molecule has 0 atom stereocenters. The Labute approximate surface area is 166 Å². The number of nitrogens with zero attached hydrogens (tertiary/aromatic N) is 4. The van der Waals surface area contributed by atoms with E-state index < -0.39 is 0 Å². The average molecular weight is 401 g/mol. The lowest BCUT2D eigenvalue weighted by atomic mass is 10.2. The Kier molecular flexibility index (Phi) is 5.97. The van der Waals surface area contributed by atoms with Crippen molar-refractivity contribution in [3.63, 3.8) is 0 Å². The van der Waals surface area contributed by atoms with Gasteiger partial charge in [0, 0.05) is 28.0 Å². The first kappa shape index (κ1) is 18.8. The Morgan fingerprint density at radius 3 is 2.89 bits per heavy atom. The van der Waals surface area contributed by atoms with E-state index in [1.54, 1.807) is 41.2 Å². The van der Waals surface area contributed by atoms with Crippen molar-refractivity contribution < 1.29 is 9.57 Å². The zero-order valence-corrected chi connectivity index (χ0v) is 15.8. The average Bonchev–Trinajstić information content (AvgIpc) is 3.14. The zero-order chi connectivity index (χ0) is 19.2. The third kappa shape index (κ3) is 4.22. The number of ether oxygens (including phenoxy) is 1. The van der Waals surface area contributed by atoms with E-state index in [-0.39, 0.29) is 6.61 Å². The maximum atomic E-state index is 9.44. The fourth-order valence-electron chi connectivity index (χ4n) is 2.42. The van der Waals surface area contributed by atoms with Crippen LogP contribution in [-0.4, -0.2) is 22.9 Å². The molecule has 0 fully saturated rings. The van der Waals surface area contributed by atoms with Gasteiger partial charge in [0.15, 0.2) is 5.82 Å². The number of methoxy groups -OCH3 is 1. The molecule has 0 aliphatic carbocycles. The van der Waals surface area contributed by atoms with Crippen LogP contribution >= 0.6 is 23.2 Å². The van der Waals surface area contributed by atoms with E-state index in [1.807, 2.05) is 12.1 Å². The Hall–Kier alpha value is -3.01. The van der Waals surface area contributed by atoms with Crippen LogP contribution in [0.4, 0.5) is 0 Å². The number of benzene rings is 1. The van der Waals surface area contributed by atoms with E-state index in [2.05, 4.69) is 16.2 Å². The molecule has 0 unspecified atom stereocenters. The van der Waals surface area contributed by atoms with Crippen molar-refractivity contribution in [1.29, 1.82) is 5.26 Å². The maximum absolute atomic E-state index is 9.44. The highest BCUT2D eigenvalue weighted by molar-refractivity contribution is 6.35. The maximum Gasteiger partial charge on any atom is 0.158 e. The molecule has 0 aliphatic heterocycles. The molecule has 1 aromatic carbocycles. The van der Waals surface area contributed by atoms with Crippen molar-refractivity contribution in [2.24, 2.45) is 5.16 Å². The van der Waals surface area contributed by atoms with Crippen molar-refractivity contribution in [3.05, 3.63) is 75.7 Å². The normalized spacial score (nSPS) is 10.7. The molecule has 0 N–H and O–H groups in total. The molecule has 2 heterocycles. The molecular weight excluding hydrogens is 387 g/mol. The summed E-state index contributed by atoms with van der Waals surface area (Å²) in [6.07, 6.45) is 4.89. The number of aromatic nitrogens is 2. The molecule has 136 valence electrons. The van der Waals surface area contributed by atoms with Gasteiger partial charge in [-0.25, -0.2) is 4.98 Å². The van der Waals surface area contributed by atoms with E-state index >= 15 is 0 Å². The van der Waals surface area contributed by atoms with Gasteiger partial charge in [-0.3, -0.25) is 4.57 Å². The minimum atomic E-state index is 0.202. The van der Waals surface area contributed by atoms with Gasteiger partial charge in [-0.05, 0) is 30.3 Å². The molecule has 8 heteroatoms. The third-order valence-electron chi connectivity index (χ3n) is 3.73. The van der Waals surface area contributed by atoms with Crippen LogP contribution < -0.4 is 4.74 Å². The van der Waals surface area contributed by atoms with Gasteiger partial charge in [0.05, 0.1) is 19.0 Å². The summed E-state index contributed by atoms with van der Waals surface area (Å²) in [5.41, 5.74) is 1.80. The van der Waals surface area contributed by atoms with Gasteiger partial charge >= 0.3 is 0 Å². The predicted octanol–water partition coefficient (Wildman–Crippen LogP) is 4.61. The first-order valence-corrected chi connectivity index (χ1v) is 8.59. The lowest BCUT2D eigenvalue weighted by molar-refractivity contribution is 0.132.